The van der Waals surface area contributed by atoms with Gasteiger partial charge >= 0.3 is 0 Å². The Labute approximate surface area is 187 Å². The van der Waals surface area contributed by atoms with Crippen LogP contribution in [-0.2, 0) is 17.8 Å². The SMILES string of the molecule is CSc1ccc(-c2ccc(=O)n(CC(=O)Nc3nnc(Cc4ccccc4)s3)n2)cc1. The van der Waals surface area contributed by atoms with Crippen molar-refractivity contribution in [2.75, 3.05) is 11.6 Å². The normalized spacial score (nSPS) is 10.7. The van der Waals surface area contributed by atoms with E-state index in [1.807, 2.05) is 60.9 Å². The molecule has 156 valence electrons. The molecule has 2 aromatic carbocycles. The molecule has 7 nitrogen and oxygen atoms in total. The molecule has 31 heavy (non-hydrogen) atoms. The number of rotatable bonds is 7. The third kappa shape index (κ3) is 5.44. The molecule has 0 saturated heterocycles. The van der Waals surface area contributed by atoms with Gasteiger partial charge in [0.1, 0.15) is 11.6 Å². The second-order valence-corrected chi connectivity index (χ2v) is 8.60. The van der Waals surface area contributed by atoms with E-state index in [0.29, 0.717) is 17.2 Å². The van der Waals surface area contributed by atoms with E-state index in [1.54, 1.807) is 17.8 Å². The van der Waals surface area contributed by atoms with Gasteiger partial charge in [-0.25, -0.2) is 4.68 Å². The van der Waals surface area contributed by atoms with Gasteiger partial charge < -0.3 is 0 Å². The van der Waals surface area contributed by atoms with E-state index in [0.717, 1.165) is 25.7 Å². The number of amides is 1. The van der Waals surface area contributed by atoms with E-state index in [4.69, 9.17) is 0 Å². The molecule has 0 atom stereocenters. The fourth-order valence-corrected chi connectivity index (χ4v) is 4.12. The zero-order valence-corrected chi connectivity index (χ0v) is 18.3. The maximum absolute atomic E-state index is 12.5. The average Bonchev–Trinajstić information content (AvgIpc) is 3.22. The van der Waals surface area contributed by atoms with E-state index in [9.17, 15) is 9.59 Å². The maximum atomic E-state index is 12.5. The Balaban J connectivity index is 1.43. The number of aromatic nitrogens is 4. The van der Waals surface area contributed by atoms with Crippen molar-refractivity contribution in [3.63, 3.8) is 0 Å². The number of carbonyl (C=O) groups excluding carboxylic acids is 1. The zero-order valence-electron chi connectivity index (χ0n) is 16.7. The summed E-state index contributed by atoms with van der Waals surface area (Å²) >= 11 is 2.96. The monoisotopic (exact) mass is 449 g/mol. The summed E-state index contributed by atoms with van der Waals surface area (Å²) in [7, 11) is 0. The van der Waals surface area contributed by atoms with Gasteiger partial charge in [-0.2, -0.15) is 5.10 Å². The summed E-state index contributed by atoms with van der Waals surface area (Å²) in [4.78, 5) is 25.8. The second kappa shape index (κ2) is 9.67. The number of thioether (sulfide) groups is 1. The molecule has 0 aliphatic heterocycles. The number of benzene rings is 2. The highest BCUT2D eigenvalue weighted by Crippen LogP contribution is 2.21. The summed E-state index contributed by atoms with van der Waals surface area (Å²) in [5.41, 5.74) is 2.28. The van der Waals surface area contributed by atoms with Crippen molar-refractivity contribution >= 4 is 34.1 Å². The van der Waals surface area contributed by atoms with Gasteiger partial charge in [-0.15, -0.1) is 22.0 Å². The van der Waals surface area contributed by atoms with Crippen LogP contribution in [0.25, 0.3) is 11.3 Å². The van der Waals surface area contributed by atoms with Crippen molar-refractivity contribution in [2.24, 2.45) is 0 Å². The molecule has 1 N–H and O–H groups in total. The molecule has 0 fully saturated rings. The first-order valence-electron chi connectivity index (χ1n) is 9.49. The average molecular weight is 450 g/mol. The fraction of sp³-hybridized carbons (Fsp3) is 0.136. The van der Waals surface area contributed by atoms with Crippen molar-refractivity contribution in [1.29, 1.82) is 0 Å². The quantitative estimate of drug-likeness (QED) is 0.433. The minimum absolute atomic E-state index is 0.205. The third-order valence-electron chi connectivity index (χ3n) is 4.46. The van der Waals surface area contributed by atoms with Crippen LogP contribution in [-0.4, -0.2) is 32.1 Å². The summed E-state index contributed by atoms with van der Waals surface area (Å²) in [5.74, 6) is -0.383. The van der Waals surface area contributed by atoms with E-state index < -0.39 is 0 Å². The molecule has 0 bridgehead atoms. The second-order valence-electron chi connectivity index (χ2n) is 6.65. The lowest BCUT2D eigenvalue weighted by atomic mass is 10.1. The van der Waals surface area contributed by atoms with Crippen LogP contribution < -0.4 is 10.9 Å². The first kappa shape index (κ1) is 21.0. The lowest BCUT2D eigenvalue weighted by Crippen LogP contribution is -2.29. The number of carbonyl (C=O) groups is 1. The van der Waals surface area contributed by atoms with Crippen LogP contribution in [0.1, 0.15) is 10.6 Å². The van der Waals surface area contributed by atoms with Crippen molar-refractivity contribution in [1.82, 2.24) is 20.0 Å². The predicted octanol–water partition coefficient (Wildman–Crippen LogP) is 3.71. The molecule has 0 unspecified atom stereocenters. The van der Waals surface area contributed by atoms with Crippen molar-refractivity contribution in [3.8, 4) is 11.3 Å². The first-order chi connectivity index (χ1) is 15.1. The predicted molar refractivity (Wildman–Crippen MR) is 124 cm³/mol. The van der Waals surface area contributed by atoms with Crippen LogP contribution in [0.5, 0.6) is 0 Å². The van der Waals surface area contributed by atoms with Crippen molar-refractivity contribution < 1.29 is 4.79 Å². The van der Waals surface area contributed by atoms with Gasteiger partial charge in [-0.1, -0.05) is 53.8 Å². The smallest absolute Gasteiger partial charge is 0.267 e. The molecule has 4 aromatic rings. The molecular formula is C22H19N5O2S2. The molecule has 0 radical (unpaired) electrons. The summed E-state index contributed by atoms with van der Waals surface area (Å²) in [5, 5.41) is 16.4. The van der Waals surface area contributed by atoms with Crippen LogP contribution in [0.2, 0.25) is 0 Å². The highest BCUT2D eigenvalue weighted by molar-refractivity contribution is 7.98. The topological polar surface area (TPSA) is 89.8 Å². The standard InChI is InChI=1S/C22H19N5O2S2/c1-30-17-9-7-16(8-10-17)18-11-12-21(29)27(26-18)14-19(28)23-22-25-24-20(31-22)13-15-5-3-2-4-6-15/h2-12H,13-14H2,1H3,(H,23,25,28). The van der Waals surface area contributed by atoms with E-state index in [-0.39, 0.29) is 18.0 Å². The first-order valence-corrected chi connectivity index (χ1v) is 11.5. The molecule has 1 amide bonds. The van der Waals surface area contributed by atoms with Gasteiger partial charge in [0, 0.05) is 22.9 Å². The van der Waals surface area contributed by atoms with E-state index >= 15 is 0 Å². The molecule has 2 aromatic heterocycles. The highest BCUT2D eigenvalue weighted by Gasteiger charge is 2.12. The lowest BCUT2D eigenvalue weighted by Gasteiger charge is -2.07. The van der Waals surface area contributed by atoms with Gasteiger partial charge in [0.05, 0.1) is 5.69 Å². The molecule has 2 heterocycles. The van der Waals surface area contributed by atoms with Crippen LogP contribution >= 0.6 is 23.1 Å². The van der Waals surface area contributed by atoms with Crippen molar-refractivity contribution in [2.45, 2.75) is 17.9 Å². The molecule has 4 rings (SSSR count). The van der Waals surface area contributed by atoms with Gasteiger partial charge in [-0.05, 0) is 30.0 Å². The van der Waals surface area contributed by atoms with Gasteiger partial charge in [0.15, 0.2) is 0 Å². The van der Waals surface area contributed by atoms with Gasteiger partial charge in [0.2, 0.25) is 11.0 Å². The largest absolute Gasteiger partial charge is 0.299 e. The van der Waals surface area contributed by atoms with Crippen LogP contribution in [0.4, 0.5) is 5.13 Å². The summed E-state index contributed by atoms with van der Waals surface area (Å²) < 4.78 is 1.15. The Bertz CT molecular complexity index is 1240. The number of anilines is 1. The zero-order chi connectivity index (χ0) is 21.6. The number of hydrogen-bond donors (Lipinski definition) is 1. The number of hydrogen-bond acceptors (Lipinski definition) is 7. The third-order valence-corrected chi connectivity index (χ3v) is 6.04. The summed E-state index contributed by atoms with van der Waals surface area (Å²) in [6.45, 7) is -0.205. The Morgan fingerprint density at radius 2 is 1.81 bits per heavy atom. The van der Waals surface area contributed by atoms with Gasteiger partial charge in [-0.3, -0.25) is 14.9 Å². The highest BCUT2D eigenvalue weighted by atomic mass is 32.2. The summed E-state index contributed by atoms with van der Waals surface area (Å²) in [6, 6.07) is 20.9. The molecule has 9 heteroatoms. The van der Waals surface area contributed by atoms with Crippen LogP contribution in [0, 0.1) is 0 Å². The Morgan fingerprint density at radius 3 is 2.55 bits per heavy atom. The Morgan fingerprint density at radius 1 is 1.03 bits per heavy atom. The molecule has 0 aliphatic rings. The van der Waals surface area contributed by atoms with Crippen molar-refractivity contribution in [3.05, 3.63) is 87.7 Å². The maximum Gasteiger partial charge on any atom is 0.267 e. The van der Waals surface area contributed by atoms with Gasteiger partial charge in [0.25, 0.3) is 5.56 Å². The fourth-order valence-electron chi connectivity index (χ4n) is 2.92. The minimum Gasteiger partial charge on any atom is -0.299 e. The summed E-state index contributed by atoms with van der Waals surface area (Å²) in [6.07, 6.45) is 2.65. The number of nitrogens with one attached hydrogen (secondary N) is 1. The van der Waals surface area contributed by atoms with Crippen LogP contribution in [0.3, 0.4) is 0 Å². The molecule has 0 aliphatic carbocycles. The number of nitrogens with zero attached hydrogens (tertiary/aromatic N) is 4. The Hall–Kier alpha value is -3.30. The molecule has 0 saturated carbocycles. The van der Waals surface area contributed by atoms with E-state index in [1.165, 1.54) is 17.4 Å². The van der Waals surface area contributed by atoms with Crippen LogP contribution in [0.15, 0.2) is 76.4 Å². The molecular weight excluding hydrogens is 430 g/mol. The minimum atomic E-state index is -0.383. The lowest BCUT2D eigenvalue weighted by molar-refractivity contribution is -0.117. The molecule has 0 spiro atoms. The van der Waals surface area contributed by atoms with E-state index in [2.05, 4.69) is 20.6 Å². The Kier molecular flexibility index (Phi) is 6.54.